The lowest BCUT2D eigenvalue weighted by molar-refractivity contribution is -0.121. The topological polar surface area (TPSA) is 51.2 Å². The molecule has 0 aliphatic heterocycles. The molecule has 0 aliphatic carbocycles. The Morgan fingerprint density at radius 1 is 1.30 bits per heavy atom. The Hall–Kier alpha value is -1.94. The van der Waals surface area contributed by atoms with Crippen LogP contribution in [0, 0.1) is 6.92 Å². The van der Waals surface area contributed by atoms with E-state index in [1.165, 1.54) is 5.56 Å². The molecule has 0 saturated carbocycles. The van der Waals surface area contributed by atoms with Gasteiger partial charge in [-0.1, -0.05) is 17.7 Å². The fraction of sp³-hybridized carbons (Fsp3) is 0.375. The molecular weight excluding hydrogens is 252 g/mol. The van der Waals surface area contributed by atoms with Crippen molar-refractivity contribution in [2.45, 2.75) is 19.8 Å². The summed E-state index contributed by atoms with van der Waals surface area (Å²) in [5.41, 5.74) is 3.15. The van der Waals surface area contributed by atoms with Crippen LogP contribution >= 0.6 is 0 Å². The first-order chi connectivity index (χ1) is 9.69. The molecule has 0 atom stereocenters. The van der Waals surface area contributed by atoms with Gasteiger partial charge in [-0.15, -0.1) is 0 Å². The third-order valence-corrected chi connectivity index (χ3v) is 3.14. The molecule has 4 heteroatoms. The van der Waals surface area contributed by atoms with E-state index in [-0.39, 0.29) is 5.91 Å². The number of fused-ring (bicyclic) bond motifs is 1. The third-order valence-electron chi connectivity index (χ3n) is 3.14. The number of benzene rings is 1. The molecule has 0 radical (unpaired) electrons. The number of nitrogens with one attached hydrogen (secondary N) is 1. The van der Waals surface area contributed by atoms with Crippen LogP contribution < -0.4 is 5.32 Å². The Bertz CT molecular complexity index is 596. The third kappa shape index (κ3) is 4.03. The van der Waals surface area contributed by atoms with Crippen LogP contribution in [0.15, 0.2) is 30.3 Å². The number of pyridine rings is 1. The summed E-state index contributed by atoms with van der Waals surface area (Å²) in [6.45, 7) is 3.16. The number of aryl methyl sites for hydroxylation is 2. The van der Waals surface area contributed by atoms with Crippen molar-refractivity contribution in [2.24, 2.45) is 0 Å². The molecule has 1 aromatic carbocycles. The van der Waals surface area contributed by atoms with E-state index < -0.39 is 0 Å². The van der Waals surface area contributed by atoms with Crippen molar-refractivity contribution in [3.05, 3.63) is 41.6 Å². The predicted molar refractivity (Wildman–Crippen MR) is 79.7 cm³/mol. The molecule has 0 aliphatic rings. The molecule has 4 nitrogen and oxygen atoms in total. The molecule has 0 fully saturated rings. The van der Waals surface area contributed by atoms with Gasteiger partial charge in [0.1, 0.15) is 0 Å². The van der Waals surface area contributed by atoms with Crippen molar-refractivity contribution in [1.82, 2.24) is 10.3 Å². The first-order valence-corrected chi connectivity index (χ1v) is 6.81. The van der Waals surface area contributed by atoms with Gasteiger partial charge in [0.15, 0.2) is 0 Å². The number of carbonyl (C=O) groups is 1. The SMILES string of the molecule is COCCNC(=O)CCc1ccc2cc(C)ccc2n1. The standard InChI is InChI=1S/C16H20N2O2/c1-12-3-7-15-13(11-12)4-5-14(18-15)6-8-16(19)17-9-10-20-2/h3-5,7,11H,6,8-10H2,1-2H3,(H,17,19). The zero-order valence-corrected chi connectivity index (χ0v) is 12.0. The first-order valence-electron chi connectivity index (χ1n) is 6.81. The Labute approximate surface area is 119 Å². The van der Waals surface area contributed by atoms with Crippen LogP contribution in [-0.2, 0) is 16.0 Å². The summed E-state index contributed by atoms with van der Waals surface area (Å²) in [7, 11) is 1.62. The molecular formula is C16H20N2O2. The molecule has 1 heterocycles. The van der Waals surface area contributed by atoms with E-state index in [1.54, 1.807) is 7.11 Å². The summed E-state index contributed by atoms with van der Waals surface area (Å²) in [6.07, 6.45) is 1.11. The highest BCUT2D eigenvalue weighted by atomic mass is 16.5. The maximum absolute atomic E-state index is 11.6. The highest BCUT2D eigenvalue weighted by Crippen LogP contribution is 2.15. The van der Waals surface area contributed by atoms with Crippen LogP contribution in [-0.4, -0.2) is 31.2 Å². The quantitative estimate of drug-likeness (QED) is 0.820. The van der Waals surface area contributed by atoms with Crippen molar-refractivity contribution >= 4 is 16.8 Å². The fourth-order valence-corrected chi connectivity index (χ4v) is 2.05. The number of carbonyl (C=O) groups excluding carboxylic acids is 1. The lowest BCUT2D eigenvalue weighted by Crippen LogP contribution is -2.27. The zero-order valence-electron chi connectivity index (χ0n) is 12.0. The van der Waals surface area contributed by atoms with Crippen LogP contribution in [0.1, 0.15) is 17.7 Å². The van der Waals surface area contributed by atoms with Crippen molar-refractivity contribution in [3.8, 4) is 0 Å². The number of hydrogen-bond acceptors (Lipinski definition) is 3. The molecule has 20 heavy (non-hydrogen) atoms. The van der Waals surface area contributed by atoms with Gasteiger partial charge in [-0.05, 0) is 31.5 Å². The Morgan fingerprint density at radius 3 is 2.95 bits per heavy atom. The van der Waals surface area contributed by atoms with E-state index in [0.29, 0.717) is 26.0 Å². The smallest absolute Gasteiger partial charge is 0.220 e. The molecule has 0 bridgehead atoms. The van der Waals surface area contributed by atoms with Crippen molar-refractivity contribution < 1.29 is 9.53 Å². The summed E-state index contributed by atoms with van der Waals surface area (Å²) < 4.78 is 4.89. The highest BCUT2D eigenvalue weighted by molar-refractivity contribution is 5.79. The van der Waals surface area contributed by atoms with Gasteiger partial charge >= 0.3 is 0 Å². The molecule has 1 N–H and O–H groups in total. The normalized spacial score (nSPS) is 10.7. The van der Waals surface area contributed by atoms with Gasteiger partial charge in [0.25, 0.3) is 0 Å². The van der Waals surface area contributed by atoms with E-state index in [9.17, 15) is 4.79 Å². The van der Waals surface area contributed by atoms with E-state index in [1.807, 2.05) is 12.1 Å². The highest BCUT2D eigenvalue weighted by Gasteiger charge is 2.04. The van der Waals surface area contributed by atoms with E-state index in [2.05, 4.69) is 35.4 Å². The Morgan fingerprint density at radius 2 is 2.15 bits per heavy atom. The molecule has 106 valence electrons. The van der Waals surface area contributed by atoms with Crippen LogP contribution in [0.4, 0.5) is 0 Å². The van der Waals surface area contributed by atoms with Gasteiger partial charge in [0, 0.05) is 31.2 Å². The van der Waals surface area contributed by atoms with Crippen molar-refractivity contribution in [3.63, 3.8) is 0 Å². The van der Waals surface area contributed by atoms with Crippen LogP contribution in [0.2, 0.25) is 0 Å². The maximum atomic E-state index is 11.6. The van der Waals surface area contributed by atoms with E-state index >= 15 is 0 Å². The Balaban J connectivity index is 1.93. The zero-order chi connectivity index (χ0) is 14.4. The first kappa shape index (κ1) is 14.5. The van der Waals surface area contributed by atoms with Crippen LogP contribution in [0.3, 0.4) is 0 Å². The largest absolute Gasteiger partial charge is 0.383 e. The summed E-state index contributed by atoms with van der Waals surface area (Å²) in [5, 5.41) is 3.94. The lowest BCUT2D eigenvalue weighted by atomic mass is 10.1. The van der Waals surface area contributed by atoms with Crippen molar-refractivity contribution in [1.29, 1.82) is 0 Å². The second-order valence-corrected chi connectivity index (χ2v) is 4.84. The van der Waals surface area contributed by atoms with Gasteiger partial charge in [0.2, 0.25) is 5.91 Å². The molecule has 0 saturated heterocycles. The predicted octanol–water partition coefficient (Wildman–Crippen LogP) is 2.24. The number of amides is 1. The number of aromatic nitrogens is 1. The van der Waals surface area contributed by atoms with Gasteiger partial charge < -0.3 is 10.1 Å². The monoisotopic (exact) mass is 272 g/mol. The minimum atomic E-state index is 0.0350. The van der Waals surface area contributed by atoms with Crippen LogP contribution in [0.25, 0.3) is 10.9 Å². The summed E-state index contributed by atoms with van der Waals surface area (Å²) >= 11 is 0. The van der Waals surface area contributed by atoms with Gasteiger partial charge in [-0.2, -0.15) is 0 Å². The second-order valence-electron chi connectivity index (χ2n) is 4.84. The molecule has 1 aromatic heterocycles. The number of ether oxygens (including phenoxy) is 1. The average molecular weight is 272 g/mol. The summed E-state index contributed by atoms with van der Waals surface area (Å²) in [6, 6.07) is 10.2. The summed E-state index contributed by atoms with van der Waals surface area (Å²) in [4.78, 5) is 16.2. The number of nitrogens with zero attached hydrogens (tertiary/aromatic N) is 1. The number of hydrogen-bond donors (Lipinski definition) is 1. The summed E-state index contributed by atoms with van der Waals surface area (Å²) in [5.74, 6) is 0.0350. The minimum absolute atomic E-state index is 0.0350. The second kappa shape index (κ2) is 7.01. The molecule has 1 amide bonds. The van der Waals surface area contributed by atoms with E-state index in [0.717, 1.165) is 16.6 Å². The van der Waals surface area contributed by atoms with Gasteiger partial charge in [-0.25, -0.2) is 0 Å². The Kier molecular flexibility index (Phi) is 5.07. The van der Waals surface area contributed by atoms with Gasteiger partial charge in [-0.3, -0.25) is 9.78 Å². The minimum Gasteiger partial charge on any atom is -0.383 e. The van der Waals surface area contributed by atoms with Crippen LogP contribution in [0.5, 0.6) is 0 Å². The number of methoxy groups -OCH3 is 1. The molecule has 0 spiro atoms. The molecule has 2 aromatic rings. The fourth-order valence-electron chi connectivity index (χ4n) is 2.05. The molecule has 0 unspecified atom stereocenters. The lowest BCUT2D eigenvalue weighted by Gasteiger charge is -2.05. The molecule has 2 rings (SSSR count). The average Bonchev–Trinajstić information content (AvgIpc) is 2.45. The van der Waals surface area contributed by atoms with Gasteiger partial charge in [0.05, 0.1) is 12.1 Å². The van der Waals surface area contributed by atoms with Crippen molar-refractivity contribution in [2.75, 3.05) is 20.3 Å². The number of rotatable bonds is 6. The van der Waals surface area contributed by atoms with E-state index in [4.69, 9.17) is 4.74 Å². The maximum Gasteiger partial charge on any atom is 0.220 e.